The highest BCUT2D eigenvalue weighted by Crippen LogP contribution is 2.31. The first-order valence-electron chi connectivity index (χ1n) is 8.16. The van der Waals surface area contributed by atoms with Gasteiger partial charge in [-0.3, -0.25) is 0 Å². The number of hydrogen-bond donors (Lipinski definition) is 2. The van der Waals surface area contributed by atoms with E-state index in [-0.39, 0.29) is 11.5 Å². The lowest BCUT2D eigenvalue weighted by atomic mass is 9.85. The van der Waals surface area contributed by atoms with Gasteiger partial charge in [-0.1, -0.05) is 26.0 Å². The number of phenolic OH excluding ortho intramolecular Hbond substituents is 2. The fourth-order valence-electron chi connectivity index (χ4n) is 2.85. The largest absolute Gasteiger partial charge is 0.504 e. The summed E-state index contributed by atoms with van der Waals surface area (Å²) in [6.45, 7) is 4.43. The topological polar surface area (TPSA) is 58.9 Å². The summed E-state index contributed by atoms with van der Waals surface area (Å²) in [4.78, 5) is 0. The van der Waals surface area contributed by atoms with Crippen LogP contribution in [0.15, 0.2) is 36.4 Å². The first-order valence-corrected chi connectivity index (χ1v) is 8.16. The molecule has 2 rings (SSSR count). The van der Waals surface area contributed by atoms with Crippen molar-refractivity contribution < 1.29 is 19.7 Å². The van der Waals surface area contributed by atoms with Crippen molar-refractivity contribution in [2.24, 2.45) is 11.8 Å². The minimum absolute atomic E-state index is 0.0627. The van der Waals surface area contributed by atoms with Gasteiger partial charge < -0.3 is 19.7 Å². The highest BCUT2D eigenvalue weighted by Gasteiger charge is 2.15. The average Bonchev–Trinajstić information content (AvgIpc) is 2.57. The van der Waals surface area contributed by atoms with Crippen molar-refractivity contribution in [3.8, 4) is 23.0 Å². The SMILES string of the molecule is COc1ccc(C[C@H](C)[C@H](C)Cc2ccc(O)c(O)c2)cc1OC. The standard InChI is InChI=1S/C20H26O4/c1-13(9-15-5-7-17(21)18(22)11-15)14(2)10-16-6-8-19(23-3)20(12-16)24-4/h5-8,11-14,21-22H,9-10H2,1-4H3/t13-,14+/m1/s1. The third-order valence-corrected chi connectivity index (χ3v) is 4.57. The normalized spacial score (nSPS) is 13.3. The molecule has 2 atom stereocenters. The van der Waals surface area contributed by atoms with Crippen LogP contribution in [0.25, 0.3) is 0 Å². The second-order valence-electron chi connectivity index (χ2n) is 6.38. The van der Waals surface area contributed by atoms with E-state index in [1.165, 1.54) is 11.6 Å². The Morgan fingerprint density at radius 1 is 0.750 bits per heavy atom. The molecule has 0 aliphatic heterocycles. The summed E-state index contributed by atoms with van der Waals surface area (Å²) in [6, 6.07) is 11.1. The lowest BCUT2D eigenvalue weighted by molar-refractivity contribution is 0.352. The summed E-state index contributed by atoms with van der Waals surface area (Å²) >= 11 is 0. The third-order valence-electron chi connectivity index (χ3n) is 4.57. The highest BCUT2D eigenvalue weighted by atomic mass is 16.5. The van der Waals surface area contributed by atoms with Crippen LogP contribution in [0.4, 0.5) is 0 Å². The van der Waals surface area contributed by atoms with E-state index in [4.69, 9.17) is 9.47 Å². The Bertz CT molecular complexity index is 681. The molecule has 0 aliphatic rings. The molecule has 2 aromatic carbocycles. The van der Waals surface area contributed by atoms with E-state index >= 15 is 0 Å². The Morgan fingerprint density at radius 3 is 1.83 bits per heavy atom. The molecule has 4 heteroatoms. The van der Waals surface area contributed by atoms with Crippen LogP contribution in [0, 0.1) is 11.8 Å². The second-order valence-corrected chi connectivity index (χ2v) is 6.38. The number of hydrogen-bond acceptors (Lipinski definition) is 4. The predicted molar refractivity (Wildman–Crippen MR) is 95.1 cm³/mol. The molecule has 0 saturated heterocycles. The summed E-state index contributed by atoms with van der Waals surface area (Å²) < 4.78 is 10.6. The first kappa shape index (κ1) is 18.0. The highest BCUT2D eigenvalue weighted by molar-refractivity contribution is 5.43. The Hall–Kier alpha value is -2.36. The zero-order valence-electron chi connectivity index (χ0n) is 14.7. The number of methoxy groups -OCH3 is 2. The summed E-state index contributed by atoms with van der Waals surface area (Å²) in [5, 5.41) is 19.0. The van der Waals surface area contributed by atoms with Crippen LogP contribution >= 0.6 is 0 Å². The lowest BCUT2D eigenvalue weighted by Crippen LogP contribution is -2.13. The Labute approximate surface area is 143 Å². The Balaban J connectivity index is 2.03. The molecule has 0 fully saturated rings. The van der Waals surface area contributed by atoms with E-state index in [9.17, 15) is 10.2 Å². The fraction of sp³-hybridized carbons (Fsp3) is 0.400. The molecule has 0 amide bonds. The van der Waals surface area contributed by atoms with Gasteiger partial charge in [0.1, 0.15) is 0 Å². The molecular weight excluding hydrogens is 304 g/mol. The second kappa shape index (κ2) is 7.95. The van der Waals surface area contributed by atoms with Crippen LogP contribution in [0.1, 0.15) is 25.0 Å². The number of ether oxygens (including phenoxy) is 2. The van der Waals surface area contributed by atoms with Gasteiger partial charge in [0.15, 0.2) is 23.0 Å². The molecule has 0 unspecified atom stereocenters. The van der Waals surface area contributed by atoms with Crippen LogP contribution in [-0.4, -0.2) is 24.4 Å². The van der Waals surface area contributed by atoms with Gasteiger partial charge in [0.2, 0.25) is 0 Å². The maximum absolute atomic E-state index is 9.62. The van der Waals surface area contributed by atoms with Crippen molar-refractivity contribution in [2.45, 2.75) is 26.7 Å². The summed E-state index contributed by atoms with van der Waals surface area (Å²) in [7, 11) is 3.28. The van der Waals surface area contributed by atoms with Gasteiger partial charge in [0.05, 0.1) is 14.2 Å². The van der Waals surface area contributed by atoms with Gasteiger partial charge in [-0.2, -0.15) is 0 Å². The van der Waals surface area contributed by atoms with Gasteiger partial charge in [0.25, 0.3) is 0 Å². The molecule has 4 nitrogen and oxygen atoms in total. The predicted octanol–water partition coefficient (Wildman–Crippen LogP) is 4.17. The maximum atomic E-state index is 9.62. The lowest BCUT2D eigenvalue weighted by Gasteiger charge is -2.21. The number of phenols is 2. The van der Waals surface area contributed by atoms with Crippen molar-refractivity contribution in [2.75, 3.05) is 14.2 Å². The minimum atomic E-state index is -0.0789. The van der Waals surface area contributed by atoms with Crippen LogP contribution in [0.5, 0.6) is 23.0 Å². The molecule has 24 heavy (non-hydrogen) atoms. The summed E-state index contributed by atoms with van der Waals surface area (Å²) in [6.07, 6.45) is 1.79. The molecule has 0 heterocycles. The first-order chi connectivity index (χ1) is 11.4. The molecule has 2 N–H and O–H groups in total. The van der Waals surface area contributed by atoms with Crippen LogP contribution in [-0.2, 0) is 12.8 Å². The molecule has 0 aromatic heterocycles. The molecule has 0 bridgehead atoms. The van der Waals surface area contributed by atoms with E-state index in [1.54, 1.807) is 20.3 Å². The van der Waals surface area contributed by atoms with Gasteiger partial charge in [0, 0.05) is 0 Å². The quantitative estimate of drug-likeness (QED) is 0.748. The molecule has 0 spiro atoms. The third kappa shape index (κ3) is 4.34. The molecular formula is C20H26O4. The van der Waals surface area contributed by atoms with Crippen molar-refractivity contribution >= 4 is 0 Å². The van der Waals surface area contributed by atoms with Crippen LogP contribution in [0.2, 0.25) is 0 Å². The van der Waals surface area contributed by atoms with Crippen LogP contribution < -0.4 is 9.47 Å². The zero-order valence-corrected chi connectivity index (χ0v) is 14.7. The van der Waals surface area contributed by atoms with Crippen LogP contribution in [0.3, 0.4) is 0 Å². The zero-order chi connectivity index (χ0) is 17.7. The molecule has 0 saturated carbocycles. The summed E-state index contributed by atoms with van der Waals surface area (Å²) in [5.74, 6) is 2.23. The van der Waals surface area contributed by atoms with Gasteiger partial charge in [-0.15, -0.1) is 0 Å². The van der Waals surface area contributed by atoms with Crippen molar-refractivity contribution in [1.82, 2.24) is 0 Å². The van der Waals surface area contributed by atoms with Gasteiger partial charge >= 0.3 is 0 Å². The average molecular weight is 330 g/mol. The number of rotatable bonds is 7. The molecule has 0 radical (unpaired) electrons. The van der Waals surface area contributed by atoms with Gasteiger partial charge in [-0.05, 0) is 60.1 Å². The monoisotopic (exact) mass is 330 g/mol. The molecule has 130 valence electrons. The van der Waals surface area contributed by atoms with E-state index in [2.05, 4.69) is 19.9 Å². The fourth-order valence-corrected chi connectivity index (χ4v) is 2.85. The Morgan fingerprint density at radius 2 is 1.29 bits per heavy atom. The van der Waals surface area contributed by atoms with E-state index in [0.29, 0.717) is 11.8 Å². The van der Waals surface area contributed by atoms with Crippen molar-refractivity contribution in [3.63, 3.8) is 0 Å². The minimum Gasteiger partial charge on any atom is -0.504 e. The molecule has 2 aromatic rings. The Kier molecular flexibility index (Phi) is 5.96. The number of aromatic hydroxyl groups is 2. The maximum Gasteiger partial charge on any atom is 0.160 e. The smallest absolute Gasteiger partial charge is 0.160 e. The van der Waals surface area contributed by atoms with E-state index in [1.807, 2.05) is 18.2 Å². The summed E-state index contributed by atoms with van der Waals surface area (Å²) in [5.41, 5.74) is 2.23. The number of benzene rings is 2. The van der Waals surface area contributed by atoms with E-state index < -0.39 is 0 Å². The van der Waals surface area contributed by atoms with Gasteiger partial charge in [-0.25, -0.2) is 0 Å². The van der Waals surface area contributed by atoms with Crippen molar-refractivity contribution in [1.29, 1.82) is 0 Å². The van der Waals surface area contributed by atoms with Crippen molar-refractivity contribution in [3.05, 3.63) is 47.5 Å². The molecule has 0 aliphatic carbocycles. The van der Waals surface area contributed by atoms with E-state index in [0.717, 1.165) is 29.9 Å².